The van der Waals surface area contributed by atoms with E-state index in [1.54, 1.807) is 5.92 Å². The molecule has 0 radical (unpaired) electrons. The Kier molecular flexibility index (Phi) is 7.51. The number of Topliss-reactive ketones (excluding diaryl/α,β-unsaturated/α-hetero) is 1. The molecule has 7 heteroatoms. The minimum Gasteiger partial charge on any atom is -0.497 e. The molecule has 0 bridgehead atoms. The molecule has 2 nitrogen and oxygen atoms in total. The minimum atomic E-state index is -4.93. The Labute approximate surface area is 165 Å². The van der Waals surface area contributed by atoms with Gasteiger partial charge in [-0.05, 0) is 46.8 Å². The molecule has 28 heavy (non-hydrogen) atoms. The maximum absolute atomic E-state index is 14.5. The van der Waals surface area contributed by atoms with Crippen molar-refractivity contribution in [3.05, 3.63) is 29.8 Å². The number of rotatable bonds is 7. The van der Waals surface area contributed by atoms with Crippen LogP contribution in [-0.4, -0.2) is 32.8 Å². The van der Waals surface area contributed by atoms with Gasteiger partial charge in [-0.1, -0.05) is 41.5 Å². The second-order valence-corrected chi connectivity index (χ2v) is 13.4. The highest BCUT2D eigenvalue weighted by Crippen LogP contribution is 2.42. The molecular formula is C21H28F4O2Si. The van der Waals surface area contributed by atoms with Crippen LogP contribution in [0.5, 0.6) is 5.75 Å². The summed E-state index contributed by atoms with van der Waals surface area (Å²) >= 11 is 0. The number of hydrogen-bond acceptors (Lipinski definition) is 2. The van der Waals surface area contributed by atoms with Crippen LogP contribution in [0, 0.1) is 11.5 Å². The summed E-state index contributed by atoms with van der Waals surface area (Å²) in [5, 5.41) is 0. The van der Waals surface area contributed by atoms with Crippen molar-refractivity contribution < 1.29 is 27.1 Å². The SMILES string of the molecule is COc1ccc(C(=O)C(F)(F)C(F)(F)C#C[Si](C(C)C)(C(C)C)C(C)C)cc1. The van der Waals surface area contributed by atoms with Gasteiger partial charge in [0.25, 0.3) is 0 Å². The summed E-state index contributed by atoms with van der Waals surface area (Å²) in [5.41, 5.74) is 2.07. The number of ether oxygens (including phenoxy) is 1. The topological polar surface area (TPSA) is 26.3 Å². The van der Waals surface area contributed by atoms with Crippen molar-refractivity contribution in [3.8, 4) is 17.2 Å². The molecule has 0 spiro atoms. The molecule has 0 saturated carbocycles. The molecule has 1 rings (SSSR count). The Morgan fingerprint density at radius 1 is 0.929 bits per heavy atom. The number of alkyl halides is 4. The zero-order chi connectivity index (χ0) is 21.9. The third-order valence-electron chi connectivity index (χ3n) is 5.33. The lowest BCUT2D eigenvalue weighted by Crippen LogP contribution is -2.48. The van der Waals surface area contributed by atoms with Crippen LogP contribution in [0.4, 0.5) is 17.6 Å². The van der Waals surface area contributed by atoms with Crippen LogP contribution in [0.15, 0.2) is 24.3 Å². The molecule has 1 aromatic carbocycles. The highest BCUT2D eigenvalue weighted by atomic mass is 28.3. The molecule has 0 aromatic heterocycles. The van der Waals surface area contributed by atoms with E-state index in [0.29, 0.717) is 5.75 Å². The van der Waals surface area contributed by atoms with E-state index in [2.05, 4.69) is 5.54 Å². The van der Waals surface area contributed by atoms with E-state index >= 15 is 0 Å². The first kappa shape index (κ1) is 24.2. The normalized spacial score (nSPS) is 12.9. The Bertz CT molecular complexity index is 722. The summed E-state index contributed by atoms with van der Waals surface area (Å²) in [6.45, 7) is 11.3. The Morgan fingerprint density at radius 2 is 1.36 bits per heavy atom. The fourth-order valence-corrected chi connectivity index (χ4v) is 9.00. The minimum absolute atomic E-state index is 0.00159. The fourth-order valence-electron chi connectivity index (χ4n) is 3.76. The smallest absolute Gasteiger partial charge is 0.383 e. The Hall–Kier alpha value is -1.81. The van der Waals surface area contributed by atoms with E-state index in [1.165, 1.54) is 19.2 Å². The van der Waals surface area contributed by atoms with Crippen LogP contribution < -0.4 is 4.74 Å². The summed E-state index contributed by atoms with van der Waals surface area (Å²) in [6, 6.07) is 4.60. The third kappa shape index (κ3) is 4.43. The summed E-state index contributed by atoms with van der Waals surface area (Å²) in [6.07, 6.45) is 0. The van der Waals surface area contributed by atoms with Gasteiger partial charge < -0.3 is 4.74 Å². The number of halogens is 4. The molecule has 0 aliphatic rings. The molecule has 0 unspecified atom stereocenters. The zero-order valence-corrected chi connectivity index (χ0v) is 18.4. The first-order valence-corrected chi connectivity index (χ1v) is 11.5. The fraction of sp³-hybridized carbons (Fsp3) is 0.571. The van der Waals surface area contributed by atoms with Crippen molar-refractivity contribution in [3.63, 3.8) is 0 Å². The summed E-state index contributed by atoms with van der Waals surface area (Å²) < 4.78 is 62.6. The van der Waals surface area contributed by atoms with Crippen molar-refractivity contribution in [2.24, 2.45) is 0 Å². The van der Waals surface area contributed by atoms with Gasteiger partial charge in [-0.15, -0.1) is 5.54 Å². The second-order valence-electron chi connectivity index (χ2n) is 7.85. The standard InChI is InChI=1S/C21H28F4O2Si/c1-14(2)28(15(3)4,16(5)6)13-12-20(22,23)21(24,25)19(26)17-8-10-18(27-7)11-9-17/h8-11,14-16H,1-7H3. The maximum atomic E-state index is 14.5. The number of methoxy groups -OCH3 is 1. The number of hydrogen-bond donors (Lipinski definition) is 0. The van der Waals surface area contributed by atoms with E-state index in [4.69, 9.17) is 4.74 Å². The summed E-state index contributed by atoms with van der Waals surface area (Å²) in [4.78, 5) is 12.1. The predicted molar refractivity (Wildman–Crippen MR) is 106 cm³/mol. The molecular weight excluding hydrogens is 388 g/mol. The van der Waals surface area contributed by atoms with Crippen molar-refractivity contribution in [2.75, 3.05) is 7.11 Å². The lowest BCUT2D eigenvalue weighted by Gasteiger charge is -2.38. The monoisotopic (exact) mass is 416 g/mol. The molecule has 0 N–H and O–H groups in total. The quantitative estimate of drug-likeness (QED) is 0.223. The van der Waals surface area contributed by atoms with E-state index in [0.717, 1.165) is 12.1 Å². The molecule has 0 fully saturated rings. The molecule has 0 atom stereocenters. The van der Waals surface area contributed by atoms with Crippen LogP contribution in [0.1, 0.15) is 51.9 Å². The highest BCUT2D eigenvalue weighted by molar-refractivity contribution is 6.90. The van der Waals surface area contributed by atoms with Crippen LogP contribution in [0.2, 0.25) is 16.6 Å². The summed E-state index contributed by atoms with van der Waals surface area (Å²) in [5.74, 6) is -9.78. The average molecular weight is 417 g/mol. The first-order chi connectivity index (χ1) is 12.7. The van der Waals surface area contributed by atoms with Crippen molar-refractivity contribution in [1.82, 2.24) is 0 Å². The predicted octanol–water partition coefficient (Wildman–Crippen LogP) is 6.37. The van der Waals surface area contributed by atoms with E-state index < -0.39 is 31.3 Å². The molecule has 1 aromatic rings. The maximum Gasteiger partial charge on any atom is 0.383 e. The molecule has 0 aliphatic carbocycles. The molecule has 0 aliphatic heterocycles. The van der Waals surface area contributed by atoms with Crippen molar-refractivity contribution in [1.29, 1.82) is 0 Å². The molecule has 0 amide bonds. The number of benzene rings is 1. The first-order valence-electron chi connectivity index (χ1n) is 9.22. The number of carbonyl (C=O) groups is 1. The summed E-state index contributed by atoms with van der Waals surface area (Å²) in [7, 11) is -1.28. The largest absolute Gasteiger partial charge is 0.497 e. The lowest BCUT2D eigenvalue weighted by atomic mass is 10.0. The van der Waals surface area contributed by atoms with Crippen molar-refractivity contribution >= 4 is 13.9 Å². The van der Waals surface area contributed by atoms with Gasteiger partial charge in [0.2, 0.25) is 5.78 Å². The molecule has 156 valence electrons. The third-order valence-corrected chi connectivity index (χ3v) is 11.6. The van der Waals surface area contributed by atoms with Gasteiger partial charge in [-0.2, -0.15) is 17.6 Å². The van der Waals surface area contributed by atoms with Crippen LogP contribution in [0.25, 0.3) is 0 Å². The van der Waals surface area contributed by atoms with Gasteiger partial charge in [-0.3, -0.25) is 4.79 Å². The van der Waals surface area contributed by atoms with Gasteiger partial charge in [-0.25, -0.2) is 0 Å². The van der Waals surface area contributed by atoms with E-state index in [1.807, 2.05) is 41.5 Å². The highest BCUT2D eigenvalue weighted by Gasteiger charge is 2.61. The van der Waals surface area contributed by atoms with Crippen LogP contribution in [0.3, 0.4) is 0 Å². The van der Waals surface area contributed by atoms with Crippen LogP contribution in [-0.2, 0) is 0 Å². The average Bonchev–Trinajstić information content (AvgIpc) is 2.60. The van der Waals surface area contributed by atoms with Crippen molar-refractivity contribution in [2.45, 2.75) is 70.0 Å². The zero-order valence-electron chi connectivity index (χ0n) is 17.4. The second kappa shape index (κ2) is 8.69. The van der Waals surface area contributed by atoms with E-state index in [-0.39, 0.29) is 16.6 Å². The lowest BCUT2D eigenvalue weighted by molar-refractivity contribution is -0.140. The van der Waals surface area contributed by atoms with Gasteiger partial charge in [0.15, 0.2) is 0 Å². The van der Waals surface area contributed by atoms with Gasteiger partial charge in [0.05, 0.1) is 7.11 Å². The van der Waals surface area contributed by atoms with Crippen LogP contribution >= 0.6 is 0 Å². The Balaban J connectivity index is 3.36. The number of ketones is 1. The van der Waals surface area contributed by atoms with Gasteiger partial charge in [0, 0.05) is 5.56 Å². The number of carbonyl (C=O) groups excluding carboxylic acids is 1. The van der Waals surface area contributed by atoms with Gasteiger partial charge in [0.1, 0.15) is 13.8 Å². The van der Waals surface area contributed by atoms with Gasteiger partial charge >= 0.3 is 11.8 Å². The van der Waals surface area contributed by atoms with E-state index in [9.17, 15) is 22.4 Å². The molecule has 0 saturated heterocycles. The molecule has 0 heterocycles. The Morgan fingerprint density at radius 3 is 1.71 bits per heavy atom.